The molecule has 0 aromatic rings. The molecule has 2 atom stereocenters. The van der Waals surface area contributed by atoms with E-state index in [2.05, 4.69) is 50.0 Å². The number of rotatable bonds is 5. The molecule has 1 aliphatic carbocycles. The fourth-order valence-electron chi connectivity index (χ4n) is 3.35. The van der Waals surface area contributed by atoms with Crippen molar-refractivity contribution in [1.82, 2.24) is 15.1 Å². The topological polar surface area (TPSA) is 35.6 Å². The van der Waals surface area contributed by atoms with Crippen LogP contribution in [-0.4, -0.2) is 54.1 Å². The van der Waals surface area contributed by atoms with Crippen LogP contribution in [0.4, 0.5) is 0 Å². The van der Waals surface area contributed by atoms with Crippen LogP contribution < -0.4 is 5.32 Å². The average Bonchev–Trinajstić information content (AvgIpc) is 2.60. The van der Waals surface area contributed by atoms with Crippen molar-refractivity contribution in [2.45, 2.75) is 64.2 Å². The van der Waals surface area contributed by atoms with Crippen LogP contribution in [0.5, 0.6) is 0 Å². The molecule has 1 amide bonds. The van der Waals surface area contributed by atoms with Crippen LogP contribution in [0.2, 0.25) is 0 Å². The Bertz CT molecular complexity index is 336. The number of nitrogens with zero attached hydrogens (tertiary/aromatic N) is 2. The van der Waals surface area contributed by atoms with E-state index in [-0.39, 0.29) is 17.7 Å². The van der Waals surface area contributed by atoms with Crippen LogP contribution in [-0.2, 0) is 4.79 Å². The molecule has 0 aromatic heterocycles. The maximum absolute atomic E-state index is 12.6. The Morgan fingerprint density at radius 3 is 2.42 bits per heavy atom. The van der Waals surface area contributed by atoms with Gasteiger partial charge >= 0.3 is 0 Å². The van der Waals surface area contributed by atoms with E-state index in [1.54, 1.807) is 0 Å². The van der Waals surface area contributed by atoms with Gasteiger partial charge in [0.25, 0.3) is 0 Å². The molecule has 0 spiro atoms. The predicted molar refractivity (Wildman–Crippen MR) is 77.8 cm³/mol. The van der Waals surface area contributed by atoms with E-state index in [0.29, 0.717) is 11.8 Å². The Balaban J connectivity index is 2.11. The van der Waals surface area contributed by atoms with Crippen molar-refractivity contribution in [3.8, 4) is 0 Å². The fraction of sp³-hybridized carbons (Fsp3) is 0.933. The molecule has 4 nitrogen and oxygen atoms in total. The SMILES string of the molecule is CCC1NC(C(C)C)C(=O)N1CC1(N(C)C)CCC1. The molecule has 4 heteroatoms. The van der Waals surface area contributed by atoms with Gasteiger partial charge in [0.15, 0.2) is 0 Å². The number of carbonyl (C=O) groups is 1. The summed E-state index contributed by atoms with van der Waals surface area (Å²) in [6.45, 7) is 7.28. The van der Waals surface area contributed by atoms with Gasteiger partial charge in [-0.3, -0.25) is 10.1 Å². The van der Waals surface area contributed by atoms with Crippen LogP contribution in [0.3, 0.4) is 0 Å². The van der Waals surface area contributed by atoms with Gasteiger partial charge in [-0.15, -0.1) is 0 Å². The van der Waals surface area contributed by atoms with Gasteiger partial charge in [0.05, 0.1) is 12.2 Å². The third-order valence-corrected chi connectivity index (χ3v) is 5.05. The van der Waals surface area contributed by atoms with Crippen molar-refractivity contribution in [3.63, 3.8) is 0 Å². The van der Waals surface area contributed by atoms with Crippen molar-refractivity contribution in [1.29, 1.82) is 0 Å². The van der Waals surface area contributed by atoms with E-state index >= 15 is 0 Å². The standard InChI is InChI=1S/C15H29N3O/c1-6-12-16-13(11(2)3)14(19)18(12)10-15(17(4)5)8-7-9-15/h11-13,16H,6-10H2,1-5H3. The highest BCUT2D eigenvalue weighted by molar-refractivity contribution is 5.84. The molecule has 1 N–H and O–H groups in total. The van der Waals surface area contributed by atoms with E-state index in [9.17, 15) is 4.79 Å². The minimum Gasteiger partial charge on any atom is -0.324 e. The number of hydrogen-bond acceptors (Lipinski definition) is 3. The van der Waals surface area contributed by atoms with Gasteiger partial charge in [0, 0.05) is 12.1 Å². The van der Waals surface area contributed by atoms with Crippen molar-refractivity contribution in [3.05, 3.63) is 0 Å². The Morgan fingerprint density at radius 1 is 1.42 bits per heavy atom. The maximum atomic E-state index is 12.6. The normalized spacial score (nSPS) is 30.3. The first-order valence-electron chi connectivity index (χ1n) is 7.65. The molecule has 110 valence electrons. The number of nitrogens with one attached hydrogen (secondary N) is 1. The molecule has 0 bridgehead atoms. The summed E-state index contributed by atoms with van der Waals surface area (Å²) in [4.78, 5) is 17.0. The van der Waals surface area contributed by atoms with Gasteiger partial charge in [0.2, 0.25) is 5.91 Å². The minimum atomic E-state index is 0.00392. The Hall–Kier alpha value is -0.610. The fourth-order valence-corrected chi connectivity index (χ4v) is 3.35. The molecule has 0 radical (unpaired) electrons. The number of hydrogen-bond donors (Lipinski definition) is 1. The van der Waals surface area contributed by atoms with Crippen LogP contribution in [0, 0.1) is 5.92 Å². The van der Waals surface area contributed by atoms with Gasteiger partial charge in [-0.2, -0.15) is 0 Å². The van der Waals surface area contributed by atoms with Crippen molar-refractivity contribution in [2.24, 2.45) is 5.92 Å². The first kappa shape index (κ1) is 14.8. The van der Waals surface area contributed by atoms with Crippen molar-refractivity contribution >= 4 is 5.91 Å². The van der Waals surface area contributed by atoms with Gasteiger partial charge in [-0.25, -0.2) is 0 Å². The number of likely N-dealkylation sites (N-methyl/N-ethyl adjacent to an activating group) is 1. The predicted octanol–water partition coefficient (Wildman–Crippen LogP) is 1.66. The van der Waals surface area contributed by atoms with Gasteiger partial charge in [-0.05, 0) is 45.7 Å². The number of amides is 1. The highest BCUT2D eigenvalue weighted by atomic mass is 16.2. The number of carbonyl (C=O) groups excluding carboxylic acids is 1. The van der Waals surface area contributed by atoms with E-state index in [1.807, 2.05) is 0 Å². The first-order valence-corrected chi connectivity index (χ1v) is 7.65. The Labute approximate surface area is 117 Å². The molecule has 2 aliphatic rings. The molecular weight excluding hydrogens is 238 g/mol. The van der Waals surface area contributed by atoms with Crippen LogP contribution in [0.15, 0.2) is 0 Å². The summed E-state index contributed by atoms with van der Waals surface area (Å²) < 4.78 is 0. The average molecular weight is 267 g/mol. The minimum absolute atomic E-state index is 0.00392. The van der Waals surface area contributed by atoms with Crippen molar-refractivity contribution in [2.75, 3.05) is 20.6 Å². The lowest BCUT2D eigenvalue weighted by Gasteiger charge is -2.49. The summed E-state index contributed by atoms with van der Waals surface area (Å²) in [5.41, 5.74) is 0.219. The molecule has 1 heterocycles. The molecule has 2 fully saturated rings. The van der Waals surface area contributed by atoms with Gasteiger partial charge < -0.3 is 9.80 Å². The van der Waals surface area contributed by atoms with Crippen LogP contribution in [0.1, 0.15) is 46.5 Å². The molecule has 2 rings (SSSR count). The maximum Gasteiger partial charge on any atom is 0.241 e. The van der Waals surface area contributed by atoms with Gasteiger partial charge in [0.1, 0.15) is 0 Å². The zero-order chi connectivity index (χ0) is 14.2. The van der Waals surface area contributed by atoms with Gasteiger partial charge in [-0.1, -0.05) is 20.8 Å². The van der Waals surface area contributed by atoms with E-state index in [0.717, 1.165) is 13.0 Å². The largest absolute Gasteiger partial charge is 0.324 e. The summed E-state index contributed by atoms with van der Waals surface area (Å²) in [5, 5.41) is 3.51. The molecular formula is C15H29N3O. The summed E-state index contributed by atoms with van der Waals surface area (Å²) in [7, 11) is 4.29. The van der Waals surface area contributed by atoms with Crippen LogP contribution in [0.25, 0.3) is 0 Å². The second-order valence-electron chi connectivity index (χ2n) is 6.75. The second-order valence-corrected chi connectivity index (χ2v) is 6.75. The lowest BCUT2D eigenvalue weighted by atomic mass is 9.75. The highest BCUT2D eigenvalue weighted by Gasteiger charge is 2.47. The lowest BCUT2D eigenvalue weighted by Crippen LogP contribution is -2.59. The van der Waals surface area contributed by atoms with Crippen LogP contribution >= 0.6 is 0 Å². The summed E-state index contributed by atoms with van der Waals surface area (Å²) in [5.74, 6) is 0.665. The first-order chi connectivity index (χ1) is 8.91. The van der Waals surface area contributed by atoms with E-state index < -0.39 is 0 Å². The summed E-state index contributed by atoms with van der Waals surface area (Å²) in [6.07, 6.45) is 4.92. The highest BCUT2D eigenvalue weighted by Crippen LogP contribution is 2.38. The zero-order valence-electron chi connectivity index (χ0n) is 13.1. The third-order valence-electron chi connectivity index (χ3n) is 5.05. The smallest absolute Gasteiger partial charge is 0.241 e. The Kier molecular flexibility index (Phi) is 4.21. The molecule has 1 saturated carbocycles. The Morgan fingerprint density at radius 2 is 2.05 bits per heavy atom. The summed E-state index contributed by atoms with van der Waals surface area (Å²) in [6, 6.07) is 0.00392. The molecule has 1 saturated heterocycles. The third kappa shape index (κ3) is 2.52. The zero-order valence-corrected chi connectivity index (χ0v) is 13.1. The summed E-state index contributed by atoms with van der Waals surface area (Å²) >= 11 is 0. The lowest BCUT2D eigenvalue weighted by molar-refractivity contribution is -0.133. The molecule has 1 aliphatic heterocycles. The molecule has 2 unspecified atom stereocenters. The molecule has 0 aromatic carbocycles. The van der Waals surface area contributed by atoms with E-state index in [1.165, 1.54) is 19.3 Å². The monoisotopic (exact) mass is 267 g/mol. The molecule has 19 heavy (non-hydrogen) atoms. The van der Waals surface area contributed by atoms with Crippen molar-refractivity contribution < 1.29 is 4.79 Å². The second kappa shape index (κ2) is 5.41. The quantitative estimate of drug-likeness (QED) is 0.823. The van der Waals surface area contributed by atoms with E-state index in [4.69, 9.17) is 0 Å².